The molecular formula is C16H14FNO4. The van der Waals surface area contributed by atoms with Crippen LogP contribution in [0.4, 0.5) is 4.39 Å². The first-order valence-electron chi connectivity index (χ1n) is 6.69. The molecule has 0 fully saturated rings. The summed E-state index contributed by atoms with van der Waals surface area (Å²) in [6.45, 7) is 1.48. The summed E-state index contributed by atoms with van der Waals surface area (Å²) in [6, 6.07) is 8.73. The number of halogens is 1. The summed E-state index contributed by atoms with van der Waals surface area (Å²) in [6.07, 6.45) is 1.44. The lowest BCUT2D eigenvalue weighted by Gasteiger charge is -2.20. The molecule has 0 aliphatic carbocycles. The van der Waals surface area contributed by atoms with Gasteiger partial charge in [0.25, 0.3) is 5.91 Å². The lowest BCUT2D eigenvalue weighted by molar-refractivity contribution is 0.0326. The quantitative estimate of drug-likeness (QED) is 0.777. The Morgan fingerprint density at radius 3 is 2.91 bits per heavy atom. The number of hydrogen-bond acceptors (Lipinski definition) is 4. The maximum atomic E-state index is 13.1. The Balaban J connectivity index is 1.73. The SMILES string of the molecule is CC(O)(CNC(=O)c1cc2cc(F)ccc2o1)c1ccco1. The number of hydrogen-bond donors (Lipinski definition) is 2. The Morgan fingerprint density at radius 2 is 2.18 bits per heavy atom. The van der Waals surface area contributed by atoms with E-state index < -0.39 is 17.3 Å². The van der Waals surface area contributed by atoms with Gasteiger partial charge < -0.3 is 19.3 Å². The molecule has 1 amide bonds. The lowest BCUT2D eigenvalue weighted by Crippen LogP contribution is -2.38. The van der Waals surface area contributed by atoms with Crippen molar-refractivity contribution in [2.45, 2.75) is 12.5 Å². The van der Waals surface area contributed by atoms with Crippen molar-refractivity contribution < 1.29 is 23.1 Å². The Hall–Kier alpha value is -2.60. The Bertz CT molecular complexity index is 805. The standard InChI is InChI=1S/C16H14FNO4/c1-16(20,14-3-2-6-21-14)9-18-15(19)13-8-10-7-11(17)4-5-12(10)22-13/h2-8,20H,9H2,1H3,(H,18,19). The molecule has 3 rings (SSSR count). The van der Waals surface area contributed by atoms with Gasteiger partial charge in [-0.1, -0.05) is 0 Å². The molecule has 0 saturated heterocycles. The topological polar surface area (TPSA) is 75.6 Å². The predicted octanol–water partition coefficient (Wildman–Crippen LogP) is 2.80. The van der Waals surface area contributed by atoms with Crippen LogP contribution in [-0.4, -0.2) is 17.6 Å². The van der Waals surface area contributed by atoms with E-state index >= 15 is 0 Å². The van der Waals surface area contributed by atoms with Crippen molar-refractivity contribution in [3.05, 3.63) is 60.0 Å². The number of carbonyl (C=O) groups excluding carboxylic acids is 1. The van der Waals surface area contributed by atoms with Gasteiger partial charge in [-0.3, -0.25) is 4.79 Å². The van der Waals surface area contributed by atoms with Crippen molar-refractivity contribution in [3.63, 3.8) is 0 Å². The summed E-state index contributed by atoms with van der Waals surface area (Å²) in [5.41, 5.74) is -0.915. The fraction of sp³-hybridized carbons (Fsp3) is 0.188. The number of furan rings is 2. The van der Waals surface area contributed by atoms with Gasteiger partial charge in [-0.15, -0.1) is 0 Å². The molecule has 114 valence electrons. The van der Waals surface area contributed by atoms with E-state index in [-0.39, 0.29) is 12.3 Å². The van der Waals surface area contributed by atoms with E-state index in [4.69, 9.17) is 8.83 Å². The fourth-order valence-corrected chi connectivity index (χ4v) is 2.14. The van der Waals surface area contributed by atoms with Crippen molar-refractivity contribution in [1.82, 2.24) is 5.32 Å². The van der Waals surface area contributed by atoms with E-state index in [1.165, 1.54) is 37.5 Å². The third kappa shape index (κ3) is 2.73. The molecule has 22 heavy (non-hydrogen) atoms. The van der Waals surface area contributed by atoms with E-state index in [1.807, 2.05) is 0 Å². The second-order valence-electron chi connectivity index (χ2n) is 5.23. The minimum absolute atomic E-state index is 0.0508. The highest BCUT2D eigenvalue weighted by molar-refractivity contribution is 5.96. The van der Waals surface area contributed by atoms with Crippen LogP contribution in [0.15, 0.2) is 51.5 Å². The molecule has 1 atom stereocenters. The molecule has 2 aromatic heterocycles. The summed E-state index contributed by atoms with van der Waals surface area (Å²) in [5.74, 6) is -0.500. The number of nitrogens with one attached hydrogen (secondary N) is 1. The maximum absolute atomic E-state index is 13.1. The Morgan fingerprint density at radius 1 is 1.36 bits per heavy atom. The molecule has 3 aromatic rings. The van der Waals surface area contributed by atoms with Crippen LogP contribution in [0.3, 0.4) is 0 Å². The normalized spacial score (nSPS) is 14.0. The van der Waals surface area contributed by atoms with Crippen LogP contribution in [0.1, 0.15) is 23.2 Å². The molecule has 2 N–H and O–H groups in total. The third-order valence-corrected chi connectivity index (χ3v) is 3.35. The molecule has 2 heterocycles. The first-order chi connectivity index (χ1) is 10.5. The molecule has 6 heteroatoms. The Labute approximate surface area is 125 Å². The smallest absolute Gasteiger partial charge is 0.287 e. The molecule has 1 unspecified atom stereocenters. The van der Waals surface area contributed by atoms with Crippen LogP contribution in [0.5, 0.6) is 0 Å². The number of aliphatic hydroxyl groups is 1. The van der Waals surface area contributed by atoms with Crippen LogP contribution < -0.4 is 5.32 Å². The van der Waals surface area contributed by atoms with Gasteiger partial charge in [-0.25, -0.2) is 4.39 Å². The summed E-state index contributed by atoms with van der Waals surface area (Å²) in [7, 11) is 0. The highest BCUT2D eigenvalue weighted by atomic mass is 19.1. The van der Waals surface area contributed by atoms with Gasteiger partial charge >= 0.3 is 0 Å². The zero-order chi connectivity index (χ0) is 15.7. The van der Waals surface area contributed by atoms with E-state index in [0.717, 1.165) is 0 Å². The maximum Gasteiger partial charge on any atom is 0.287 e. The zero-order valence-electron chi connectivity index (χ0n) is 11.8. The molecule has 0 aliphatic rings. The van der Waals surface area contributed by atoms with Gasteiger partial charge in [0.2, 0.25) is 0 Å². The van der Waals surface area contributed by atoms with Crippen LogP contribution in [0, 0.1) is 5.82 Å². The number of fused-ring (bicyclic) bond motifs is 1. The monoisotopic (exact) mass is 303 g/mol. The molecule has 1 aromatic carbocycles. The first kappa shape index (κ1) is 14.3. The van der Waals surface area contributed by atoms with E-state index in [2.05, 4.69) is 5.32 Å². The average molecular weight is 303 g/mol. The summed E-state index contributed by atoms with van der Waals surface area (Å²) in [4.78, 5) is 12.1. The number of benzene rings is 1. The van der Waals surface area contributed by atoms with Crippen LogP contribution in [0.2, 0.25) is 0 Å². The van der Waals surface area contributed by atoms with Crippen molar-refractivity contribution >= 4 is 16.9 Å². The van der Waals surface area contributed by atoms with Crippen LogP contribution >= 0.6 is 0 Å². The number of carbonyl (C=O) groups is 1. The average Bonchev–Trinajstić information content (AvgIpc) is 3.13. The van der Waals surface area contributed by atoms with E-state index in [1.54, 1.807) is 12.1 Å². The lowest BCUT2D eigenvalue weighted by atomic mass is 10.0. The van der Waals surface area contributed by atoms with Crippen molar-refractivity contribution in [2.24, 2.45) is 0 Å². The van der Waals surface area contributed by atoms with Gasteiger partial charge in [0.15, 0.2) is 5.76 Å². The van der Waals surface area contributed by atoms with Gasteiger partial charge in [0, 0.05) is 5.39 Å². The van der Waals surface area contributed by atoms with Crippen molar-refractivity contribution in [1.29, 1.82) is 0 Å². The molecule has 0 spiro atoms. The van der Waals surface area contributed by atoms with Gasteiger partial charge in [0.05, 0.1) is 12.8 Å². The molecule has 0 radical (unpaired) electrons. The zero-order valence-corrected chi connectivity index (χ0v) is 11.8. The Kier molecular flexibility index (Phi) is 3.46. The van der Waals surface area contributed by atoms with Crippen LogP contribution in [0.25, 0.3) is 11.0 Å². The third-order valence-electron chi connectivity index (χ3n) is 3.35. The summed E-state index contributed by atoms with van der Waals surface area (Å²) < 4.78 is 23.6. The highest BCUT2D eigenvalue weighted by Gasteiger charge is 2.27. The van der Waals surface area contributed by atoms with Crippen molar-refractivity contribution in [3.8, 4) is 0 Å². The van der Waals surface area contributed by atoms with Gasteiger partial charge in [0.1, 0.15) is 22.8 Å². The van der Waals surface area contributed by atoms with Crippen molar-refractivity contribution in [2.75, 3.05) is 6.54 Å². The first-order valence-corrected chi connectivity index (χ1v) is 6.69. The minimum atomic E-state index is -1.34. The molecule has 0 bridgehead atoms. The van der Waals surface area contributed by atoms with E-state index in [9.17, 15) is 14.3 Å². The second kappa shape index (κ2) is 5.31. The largest absolute Gasteiger partial charge is 0.466 e. The summed E-state index contributed by atoms with van der Waals surface area (Å²) >= 11 is 0. The van der Waals surface area contributed by atoms with E-state index in [0.29, 0.717) is 16.7 Å². The molecule has 5 nitrogen and oxygen atoms in total. The number of rotatable bonds is 4. The second-order valence-corrected chi connectivity index (χ2v) is 5.23. The molecule has 0 saturated carbocycles. The predicted molar refractivity (Wildman–Crippen MR) is 76.8 cm³/mol. The highest BCUT2D eigenvalue weighted by Crippen LogP contribution is 2.22. The van der Waals surface area contributed by atoms with Crippen LogP contribution in [-0.2, 0) is 5.60 Å². The van der Waals surface area contributed by atoms with Gasteiger partial charge in [-0.05, 0) is 43.3 Å². The number of amides is 1. The minimum Gasteiger partial charge on any atom is -0.466 e. The van der Waals surface area contributed by atoms with Gasteiger partial charge in [-0.2, -0.15) is 0 Å². The summed E-state index contributed by atoms with van der Waals surface area (Å²) in [5, 5.41) is 13.3. The fourth-order valence-electron chi connectivity index (χ4n) is 2.14. The molecular weight excluding hydrogens is 289 g/mol. The molecule has 0 aliphatic heterocycles.